The van der Waals surface area contributed by atoms with E-state index in [0.29, 0.717) is 23.5 Å². The van der Waals surface area contributed by atoms with Crippen LogP contribution in [-0.2, 0) is 0 Å². The highest BCUT2D eigenvalue weighted by atomic mass is 79.9. The Morgan fingerprint density at radius 2 is 2.08 bits per heavy atom. The summed E-state index contributed by atoms with van der Waals surface area (Å²) in [5, 5.41) is 0. The number of furan rings is 1. The number of anilines is 1. The third-order valence-electron chi connectivity index (χ3n) is 4.54. The van der Waals surface area contributed by atoms with Crippen LogP contribution in [0.3, 0.4) is 0 Å². The molecule has 0 aliphatic carbocycles. The SMILES string of the molecule is Cc1cc(Br)oc1C(=O)N1CCCN(c2nc3ccccc3[nH]2)CC1. The van der Waals surface area contributed by atoms with Gasteiger partial charge in [0.05, 0.1) is 11.0 Å². The summed E-state index contributed by atoms with van der Waals surface area (Å²) in [6, 6.07) is 9.83. The lowest BCUT2D eigenvalue weighted by Crippen LogP contribution is -2.35. The Labute approximate surface area is 153 Å². The molecule has 0 bridgehead atoms. The molecule has 6 nitrogen and oxygen atoms in total. The van der Waals surface area contributed by atoms with Gasteiger partial charge in [-0.05, 0) is 47.5 Å². The maximum absolute atomic E-state index is 12.7. The van der Waals surface area contributed by atoms with Crippen molar-refractivity contribution in [2.24, 2.45) is 0 Å². The minimum absolute atomic E-state index is 0.0466. The van der Waals surface area contributed by atoms with Gasteiger partial charge in [-0.1, -0.05) is 12.1 Å². The summed E-state index contributed by atoms with van der Waals surface area (Å²) in [6.45, 7) is 4.86. The van der Waals surface area contributed by atoms with Crippen LogP contribution in [0.25, 0.3) is 11.0 Å². The van der Waals surface area contributed by atoms with Crippen molar-refractivity contribution in [2.45, 2.75) is 13.3 Å². The summed E-state index contributed by atoms with van der Waals surface area (Å²) >= 11 is 3.29. The van der Waals surface area contributed by atoms with Crippen LogP contribution in [0.5, 0.6) is 0 Å². The number of hydrogen-bond acceptors (Lipinski definition) is 4. The van der Waals surface area contributed by atoms with E-state index < -0.39 is 0 Å². The molecular formula is C18H19BrN4O2. The Hall–Kier alpha value is -2.28. The van der Waals surface area contributed by atoms with Gasteiger partial charge in [0.1, 0.15) is 0 Å². The number of imidazole rings is 1. The third-order valence-corrected chi connectivity index (χ3v) is 4.93. The van der Waals surface area contributed by atoms with Gasteiger partial charge in [-0.15, -0.1) is 0 Å². The summed E-state index contributed by atoms with van der Waals surface area (Å²) in [7, 11) is 0. The van der Waals surface area contributed by atoms with E-state index in [-0.39, 0.29) is 5.91 Å². The highest BCUT2D eigenvalue weighted by Crippen LogP contribution is 2.23. The zero-order valence-corrected chi connectivity index (χ0v) is 15.5. The molecule has 0 atom stereocenters. The number of rotatable bonds is 2. The molecule has 25 heavy (non-hydrogen) atoms. The van der Waals surface area contributed by atoms with E-state index in [4.69, 9.17) is 4.42 Å². The summed E-state index contributed by atoms with van der Waals surface area (Å²) in [4.78, 5) is 24.8. The van der Waals surface area contributed by atoms with Gasteiger partial charge in [-0.2, -0.15) is 0 Å². The van der Waals surface area contributed by atoms with Crippen LogP contribution in [0.4, 0.5) is 5.95 Å². The molecule has 4 rings (SSSR count). The van der Waals surface area contributed by atoms with E-state index in [9.17, 15) is 4.79 Å². The lowest BCUT2D eigenvalue weighted by molar-refractivity contribution is 0.0732. The average molecular weight is 403 g/mol. The number of fused-ring (bicyclic) bond motifs is 1. The van der Waals surface area contributed by atoms with Gasteiger partial charge in [0, 0.05) is 31.7 Å². The van der Waals surface area contributed by atoms with Gasteiger partial charge >= 0.3 is 0 Å². The Morgan fingerprint density at radius 3 is 2.84 bits per heavy atom. The van der Waals surface area contributed by atoms with Crippen LogP contribution < -0.4 is 4.90 Å². The second-order valence-corrected chi connectivity index (χ2v) is 7.05. The van der Waals surface area contributed by atoms with Crippen molar-refractivity contribution in [3.63, 3.8) is 0 Å². The first-order chi connectivity index (χ1) is 12.1. The van der Waals surface area contributed by atoms with Gasteiger partial charge < -0.3 is 19.2 Å². The van der Waals surface area contributed by atoms with E-state index in [1.54, 1.807) is 0 Å². The fourth-order valence-electron chi connectivity index (χ4n) is 3.22. The maximum Gasteiger partial charge on any atom is 0.289 e. The number of amides is 1. The molecule has 2 aromatic heterocycles. The predicted molar refractivity (Wildman–Crippen MR) is 100.0 cm³/mol. The number of para-hydroxylation sites is 2. The second kappa shape index (κ2) is 6.55. The zero-order valence-electron chi connectivity index (χ0n) is 14.0. The van der Waals surface area contributed by atoms with Gasteiger partial charge in [-0.25, -0.2) is 4.98 Å². The minimum Gasteiger partial charge on any atom is -0.444 e. The standard InChI is InChI=1S/C18H19BrN4O2/c1-12-11-15(19)25-16(12)17(24)22-7-4-8-23(10-9-22)18-20-13-5-2-3-6-14(13)21-18/h2-3,5-6,11H,4,7-10H2,1H3,(H,20,21). The van der Waals surface area contributed by atoms with Crippen molar-refractivity contribution in [2.75, 3.05) is 31.1 Å². The number of aromatic nitrogens is 2. The number of halogens is 1. The first-order valence-electron chi connectivity index (χ1n) is 8.37. The number of benzene rings is 1. The van der Waals surface area contributed by atoms with Crippen LogP contribution in [0.2, 0.25) is 0 Å². The topological polar surface area (TPSA) is 65.4 Å². The van der Waals surface area contributed by atoms with Gasteiger partial charge in [0.2, 0.25) is 5.95 Å². The monoisotopic (exact) mass is 402 g/mol. The largest absolute Gasteiger partial charge is 0.444 e. The summed E-state index contributed by atoms with van der Waals surface area (Å²) in [5.41, 5.74) is 2.85. The van der Waals surface area contributed by atoms with E-state index in [1.807, 2.05) is 42.2 Å². The van der Waals surface area contributed by atoms with Crippen molar-refractivity contribution in [3.05, 3.63) is 46.3 Å². The molecule has 1 N–H and O–H groups in total. The number of carbonyl (C=O) groups is 1. The van der Waals surface area contributed by atoms with Crippen molar-refractivity contribution in [1.29, 1.82) is 0 Å². The van der Waals surface area contributed by atoms with Gasteiger partial charge in [-0.3, -0.25) is 4.79 Å². The lowest BCUT2D eigenvalue weighted by Gasteiger charge is -2.21. The first kappa shape index (κ1) is 16.2. The normalized spacial score (nSPS) is 15.6. The number of H-pyrrole nitrogens is 1. The number of aryl methyl sites for hydroxylation is 1. The molecule has 1 saturated heterocycles. The molecule has 3 heterocycles. The van der Waals surface area contributed by atoms with Crippen molar-refractivity contribution >= 4 is 38.8 Å². The first-order valence-corrected chi connectivity index (χ1v) is 9.16. The molecule has 0 radical (unpaired) electrons. The molecule has 0 unspecified atom stereocenters. The number of nitrogens with one attached hydrogen (secondary N) is 1. The highest BCUT2D eigenvalue weighted by molar-refractivity contribution is 9.10. The second-order valence-electron chi connectivity index (χ2n) is 6.27. The van der Waals surface area contributed by atoms with Crippen LogP contribution in [0.1, 0.15) is 22.5 Å². The van der Waals surface area contributed by atoms with Crippen molar-refractivity contribution < 1.29 is 9.21 Å². The summed E-state index contributed by atoms with van der Waals surface area (Å²) < 4.78 is 6.10. The van der Waals surface area contributed by atoms with Gasteiger partial charge in [0.15, 0.2) is 10.4 Å². The van der Waals surface area contributed by atoms with E-state index in [0.717, 1.165) is 42.1 Å². The van der Waals surface area contributed by atoms with Crippen LogP contribution in [0.15, 0.2) is 39.4 Å². The smallest absolute Gasteiger partial charge is 0.289 e. The Kier molecular flexibility index (Phi) is 4.25. The fourth-order valence-corrected chi connectivity index (χ4v) is 3.73. The fraction of sp³-hybridized carbons (Fsp3) is 0.333. The molecule has 3 aromatic rings. The quantitative estimate of drug-likeness (QED) is 0.711. The van der Waals surface area contributed by atoms with Crippen molar-refractivity contribution in [3.8, 4) is 0 Å². The zero-order chi connectivity index (χ0) is 17.4. The van der Waals surface area contributed by atoms with Crippen LogP contribution >= 0.6 is 15.9 Å². The Morgan fingerprint density at radius 1 is 1.24 bits per heavy atom. The van der Waals surface area contributed by atoms with E-state index in [1.165, 1.54) is 0 Å². The molecular weight excluding hydrogens is 384 g/mol. The number of carbonyl (C=O) groups excluding carboxylic acids is 1. The van der Waals surface area contributed by atoms with Gasteiger partial charge in [0.25, 0.3) is 5.91 Å². The summed E-state index contributed by atoms with van der Waals surface area (Å²) in [5.74, 6) is 1.24. The summed E-state index contributed by atoms with van der Waals surface area (Å²) in [6.07, 6.45) is 0.893. The molecule has 1 fully saturated rings. The highest BCUT2D eigenvalue weighted by Gasteiger charge is 2.25. The number of hydrogen-bond donors (Lipinski definition) is 1. The van der Waals surface area contributed by atoms with Crippen molar-refractivity contribution in [1.82, 2.24) is 14.9 Å². The maximum atomic E-state index is 12.7. The Balaban J connectivity index is 1.50. The number of nitrogens with zero attached hydrogens (tertiary/aromatic N) is 3. The minimum atomic E-state index is -0.0466. The lowest BCUT2D eigenvalue weighted by atomic mass is 10.2. The predicted octanol–water partition coefficient (Wildman–Crippen LogP) is 3.58. The van der Waals surface area contributed by atoms with E-state index >= 15 is 0 Å². The third kappa shape index (κ3) is 3.16. The Bertz CT molecular complexity index is 884. The number of aromatic amines is 1. The molecule has 1 aromatic carbocycles. The molecule has 7 heteroatoms. The molecule has 1 aliphatic heterocycles. The molecule has 1 aliphatic rings. The molecule has 0 saturated carbocycles. The average Bonchev–Trinajstić information content (AvgIpc) is 3.08. The van der Waals surface area contributed by atoms with Crippen LogP contribution in [0, 0.1) is 6.92 Å². The van der Waals surface area contributed by atoms with E-state index in [2.05, 4.69) is 30.8 Å². The van der Waals surface area contributed by atoms with Crippen LogP contribution in [-0.4, -0.2) is 47.0 Å². The molecule has 130 valence electrons. The molecule has 1 amide bonds. The molecule has 0 spiro atoms.